The maximum Gasteiger partial charge on any atom is 0.249 e. The molecule has 1 amide bonds. The van der Waals surface area contributed by atoms with Crippen molar-refractivity contribution in [3.05, 3.63) is 33.3 Å². The van der Waals surface area contributed by atoms with E-state index in [9.17, 15) is 4.79 Å². The van der Waals surface area contributed by atoms with Crippen LogP contribution in [0.5, 0.6) is 0 Å². The average molecular weight is 354 g/mol. The molecule has 0 aliphatic heterocycles. The van der Waals surface area contributed by atoms with Crippen LogP contribution in [0.4, 0.5) is 0 Å². The van der Waals surface area contributed by atoms with Crippen molar-refractivity contribution < 1.29 is 4.79 Å². The highest BCUT2D eigenvalue weighted by molar-refractivity contribution is 9.10. The van der Waals surface area contributed by atoms with Gasteiger partial charge in [0.25, 0.3) is 0 Å². The van der Waals surface area contributed by atoms with Gasteiger partial charge in [-0.25, -0.2) is 0 Å². The predicted molar refractivity (Wildman–Crippen MR) is 93.7 cm³/mol. The van der Waals surface area contributed by atoms with Crippen molar-refractivity contribution >= 4 is 21.8 Å². The van der Waals surface area contributed by atoms with Crippen molar-refractivity contribution in [2.75, 3.05) is 0 Å². The van der Waals surface area contributed by atoms with Crippen LogP contribution in [0, 0.1) is 6.92 Å². The first-order chi connectivity index (χ1) is 10.1. The van der Waals surface area contributed by atoms with Crippen molar-refractivity contribution in [2.45, 2.75) is 71.6 Å². The first-order valence-corrected chi connectivity index (χ1v) is 8.95. The molecule has 0 heterocycles. The van der Waals surface area contributed by atoms with E-state index in [0.29, 0.717) is 5.56 Å². The van der Waals surface area contributed by atoms with E-state index in [1.165, 1.54) is 56.9 Å². The molecule has 0 saturated carbocycles. The third-order valence-corrected chi connectivity index (χ3v) is 5.14. The molecule has 0 spiro atoms. The number of unbranched alkanes of at least 4 members (excludes halogenated alkanes) is 7. The van der Waals surface area contributed by atoms with E-state index in [4.69, 9.17) is 5.73 Å². The van der Waals surface area contributed by atoms with Gasteiger partial charge in [-0.2, -0.15) is 0 Å². The zero-order chi connectivity index (χ0) is 15.7. The zero-order valence-electron chi connectivity index (χ0n) is 13.4. The summed E-state index contributed by atoms with van der Waals surface area (Å²) >= 11 is 3.60. The third kappa shape index (κ3) is 6.21. The fourth-order valence-electron chi connectivity index (χ4n) is 2.65. The molecule has 0 radical (unpaired) electrons. The van der Waals surface area contributed by atoms with Gasteiger partial charge in [-0.3, -0.25) is 4.79 Å². The van der Waals surface area contributed by atoms with Crippen LogP contribution in [0.1, 0.15) is 79.8 Å². The first kappa shape index (κ1) is 18.2. The van der Waals surface area contributed by atoms with Gasteiger partial charge in [0.1, 0.15) is 0 Å². The van der Waals surface area contributed by atoms with Crippen LogP contribution in [0.2, 0.25) is 0 Å². The Balaban J connectivity index is 2.33. The molecule has 0 unspecified atom stereocenters. The number of halogens is 1. The fourth-order valence-corrected chi connectivity index (χ4v) is 3.19. The number of primary amides is 1. The Morgan fingerprint density at radius 2 is 1.62 bits per heavy atom. The van der Waals surface area contributed by atoms with Crippen LogP contribution in [0.15, 0.2) is 16.6 Å². The predicted octanol–water partition coefficient (Wildman–Crippen LogP) is 5.54. The van der Waals surface area contributed by atoms with Crippen molar-refractivity contribution in [1.29, 1.82) is 0 Å². The van der Waals surface area contributed by atoms with Crippen LogP contribution in [0.3, 0.4) is 0 Å². The van der Waals surface area contributed by atoms with Gasteiger partial charge in [-0.1, -0.05) is 73.9 Å². The summed E-state index contributed by atoms with van der Waals surface area (Å²) in [5, 5.41) is 0. The standard InChI is InChI=1S/C18H28BrNO/c1-3-4-5-6-7-8-9-10-11-15-12-13-16(18(20)21)14(2)17(15)19/h12-13H,3-11H2,1-2H3,(H2,20,21). The van der Waals surface area contributed by atoms with Gasteiger partial charge in [-0.05, 0) is 37.0 Å². The topological polar surface area (TPSA) is 43.1 Å². The number of benzene rings is 1. The number of nitrogens with two attached hydrogens (primary N) is 1. The molecule has 0 atom stereocenters. The van der Waals surface area contributed by atoms with E-state index >= 15 is 0 Å². The highest BCUT2D eigenvalue weighted by Crippen LogP contribution is 2.26. The molecule has 0 aliphatic carbocycles. The summed E-state index contributed by atoms with van der Waals surface area (Å²) in [7, 11) is 0. The highest BCUT2D eigenvalue weighted by atomic mass is 79.9. The minimum atomic E-state index is -0.355. The number of hydrogen-bond donors (Lipinski definition) is 1. The van der Waals surface area contributed by atoms with Gasteiger partial charge >= 0.3 is 0 Å². The quantitative estimate of drug-likeness (QED) is 0.551. The van der Waals surface area contributed by atoms with Crippen molar-refractivity contribution in [3.8, 4) is 0 Å². The summed E-state index contributed by atoms with van der Waals surface area (Å²) in [6.45, 7) is 4.20. The second-order valence-electron chi connectivity index (χ2n) is 5.80. The monoisotopic (exact) mass is 353 g/mol. The average Bonchev–Trinajstić information content (AvgIpc) is 2.45. The molecule has 0 fully saturated rings. The molecular formula is C18H28BrNO. The summed E-state index contributed by atoms with van der Waals surface area (Å²) in [5.41, 5.74) is 8.21. The summed E-state index contributed by atoms with van der Waals surface area (Å²) in [4.78, 5) is 11.3. The van der Waals surface area contributed by atoms with Crippen LogP contribution in [-0.4, -0.2) is 5.91 Å². The van der Waals surface area contributed by atoms with Crippen LogP contribution < -0.4 is 5.73 Å². The summed E-state index contributed by atoms with van der Waals surface area (Å²) < 4.78 is 1.04. The molecule has 21 heavy (non-hydrogen) atoms. The molecule has 2 nitrogen and oxygen atoms in total. The molecule has 0 aromatic heterocycles. The van der Waals surface area contributed by atoms with E-state index in [1.807, 2.05) is 19.1 Å². The van der Waals surface area contributed by atoms with E-state index in [2.05, 4.69) is 22.9 Å². The number of rotatable bonds is 10. The molecule has 0 aliphatic rings. The Morgan fingerprint density at radius 1 is 1.05 bits per heavy atom. The zero-order valence-corrected chi connectivity index (χ0v) is 15.0. The van der Waals surface area contributed by atoms with E-state index in [-0.39, 0.29) is 5.91 Å². The Labute approximate surface area is 137 Å². The lowest BCUT2D eigenvalue weighted by molar-refractivity contribution is 0.0999. The van der Waals surface area contributed by atoms with Crippen LogP contribution >= 0.6 is 15.9 Å². The summed E-state index contributed by atoms with van der Waals surface area (Å²) in [5.74, 6) is -0.355. The van der Waals surface area contributed by atoms with Gasteiger partial charge in [0.2, 0.25) is 5.91 Å². The number of amides is 1. The van der Waals surface area contributed by atoms with Gasteiger partial charge in [0.05, 0.1) is 0 Å². The molecule has 1 aromatic carbocycles. The third-order valence-electron chi connectivity index (χ3n) is 4.03. The molecular weight excluding hydrogens is 326 g/mol. The lowest BCUT2D eigenvalue weighted by atomic mass is 10.00. The second kappa shape index (κ2) is 9.99. The number of hydrogen-bond acceptors (Lipinski definition) is 1. The highest BCUT2D eigenvalue weighted by Gasteiger charge is 2.10. The second-order valence-corrected chi connectivity index (χ2v) is 6.59. The molecule has 1 aromatic rings. The molecule has 0 saturated heterocycles. The SMILES string of the molecule is CCCCCCCCCCc1ccc(C(N)=O)c(C)c1Br. The molecule has 118 valence electrons. The van der Waals surface area contributed by atoms with Crippen molar-refractivity contribution in [3.63, 3.8) is 0 Å². The molecule has 3 heteroatoms. The van der Waals surface area contributed by atoms with Crippen LogP contribution in [-0.2, 0) is 6.42 Å². The number of carbonyl (C=O) groups excluding carboxylic acids is 1. The fraction of sp³-hybridized carbons (Fsp3) is 0.611. The Bertz CT molecular complexity index is 457. The van der Waals surface area contributed by atoms with E-state index in [0.717, 1.165) is 16.5 Å². The van der Waals surface area contributed by atoms with E-state index < -0.39 is 0 Å². The Hall–Kier alpha value is -0.830. The Morgan fingerprint density at radius 3 is 2.19 bits per heavy atom. The smallest absolute Gasteiger partial charge is 0.249 e. The van der Waals surface area contributed by atoms with Crippen molar-refractivity contribution in [2.24, 2.45) is 5.73 Å². The minimum Gasteiger partial charge on any atom is -0.366 e. The first-order valence-electron chi connectivity index (χ1n) is 8.15. The summed E-state index contributed by atoms with van der Waals surface area (Å²) in [6.07, 6.45) is 11.7. The van der Waals surface area contributed by atoms with Gasteiger partial charge < -0.3 is 5.73 Å². The van der Waals surface area contributed by atoms with Gasteiger partial charge in [0.15, 0.2) is 0 Å². The van der Waals surface area contributed by atoms with Crippen LogP contribution in [0.25, 0.3) is 0 Å². The number of carbonyl (C=O) groups is 1. The van der Waals surface area contributed by atoms with Gasteiger partial charge in [0, 0.05) is 10.0 Å². The molecule has 1 rings (SSSR count). The maximum absolute atomic E-state index is 11.3. The normalized spacial score (nSPS) is 10.8. The lowest BCUT2D eigenvalue weighted by Crippen LogP contribution is -2.13. The summed E-state index contributed by atoms with van der Waals surface area (Å²) in [6, 6.07) is 3.88. The number of aryl methyl sites for hydroxylation is 1. The van der Waals surface area contributed by atoms with Gasteiger partial charge in [-0.15, -0.1) is 0 Å². The largest absolute Gasteiger partial charge is 0.366 e. The lowest BCUT2D eigenvalue weighted by Gasteiger charge is -2.10. The minimum absolute atomic E-state index is 0.355. The van der Waals surface area contributed by atoms with E-state index in [1.54, 1.807) is 0 Å². The Kier molecular flexibility index (Phi) is 8.67. The molecule has 2 N–H and O–H groups in total. The maximum atomic E-state index is 11.3. The van der Waals surface area contributed by atoms with Crippen molar-refractivity contribution in [1.82, 2.24) is 0 Å². The molecule has 0 bridgehead atoms.